The molecule has 1 aromatic heterocycles. The second-order valence-electron chi connectivity index (χ2n) is 10.8. The summed E-state index contributed by atoms with van der Waals surface area (Å²) in [7, 11) is 0. The number of halogens is 7. The van der Waals surface area contributed by atoms with Gasteiger partial charge in [0.25, 0.3) is 11.8 Å². The van der Waals surface area contributed by atoms with Crippen molar-refractivity contribution in [3.8, 4) is 11.3 Å². The van der Waals surface area contributed by atoms with E-state index in [0.717, 1.165) is 29.1 Å². The van der Waals surface area contributed by atoms with Crippen molar-refractivity contribution in [3.05, 3.63) is 35.0 Å². The van der Waals surface area contributed by atoms with Crippen molar-refractivity contribution in [3.63, 3.8) is 0 Å². The number of β-amino-alcohol motifs (C(OH)–C–C–N with tert-alkyl or cyclic N) is 1. The molecule has 0 saturated carbocycles. The van der Waals surface area contributed by atoms with Gasteiger partial charge in [0.1, 0.15) is 0 Å². The topological polar surface area (TPSA) is 56.6 Å². The fourth-order valence-electron chi connectivity index (χ4n) is 5.63. The molecule has 0 aliphatic carbocycles. The predicted octanol–water partition coefficient (Wildman–Crippen LogP) is 4.35. The number of fused-ring (bicyclic) bond motifs is 1. The van der Waals surface area contributed by atoms with Gasteiger partial charge >= 0.3 is 6.18 Å². The number of alkyl halides is 7. The molecule has 1 aromatic carbocycles. The average Bonchev–Trinajstić information content (AvgIpc) is 3.52. The molecular formula is C26H32F7N5OS. The van der Waals surface area contributed by atoms with Crippen LogP contribution < -0.4 is 5.32 Å². The standard InChI is InChI=1S/C26H32F7N5OS/c27-24(28)4-7-36(15-24)9-10-40-22-11-17(1-2-20(22)26(31,32)33)23-19-12-34-6-3-21(19)38(35-23)14-18(39)13-37-8-5-25(29,30)16-37/h1-2,11,18,34,39H,3-10,12-16H2. The number of rotatable bonds is 9. The van der Waals surface area contributed by atoms with Crippen LogP contribution in [0.4, 0.5) is 30.7 Å². The Hall–Kier alpha value is -1.87. The van der Waals surface area contributed by atoms with Gasteiger partial charge < -0.3 is 10.4 Å². The summed E-state index contributed by atoms with van der Waals surface area (Å²) in [4.78, 5) is 3.08. The molecule has 6 nitrogen and oxygen atoms in total. The van der Waals surface area contributed by atoms with Crippen LogP contribution in [0.3, 0.4) is 0 Å². The molecule has 2 fully saturated rings. The summed E-state index contributed by atoms with van der Waals surface area (Å²) in [6.07, 6.45) is -5.43. The molecule has 0 spiro atoms. The van der Waals surface area contributed by atoms with Crippen LogP contribution in [0.25, 0.3) is 11.3 Å². The molecule has 1 unspecified atom stereocenters. The number of aliphatic hydroxyl groups excluding tert-OH is 1. The van der Waals surface area contributed by atoms with Gasteiger partial charge in [-0.1, -0.05) is 6.07 Å². The Kier molecular flexibility index (Phi) is 8.46. The second kappa shape index (κ2) is 11.4. The number of hydrogen-bond acceptors (Lipinski definition) is 6. The molecule has 2 N–H and O–H groups in total. The third kappa shape index (κ3) is 6.94. The highest BCUT2D eigenvalue weighted by Gasteiger charge is 2.39. The Balaban J connectivity index is 1.35. The van der Waals surface area contributed by atoms with Crippen molar-refractivity contribution < 1.29 is 35.8 Å². The number of thioether (sulfide) groups is 1. The lowest BCUT2D eigenvalue weighted by atomic mass is 10.0. The average molecular weight is 596 g/mol. The van der Waals surface area contributed by atoms with E-state index >= 15 is 0 Å². The zero-order valence-corrected chi connectivity index (χ0v) is 22.6. The van der Waals surface area contributed by atoms with Crippen LogP contribution in [-0.4, -0.2) is 94.2 Å². The summed E-state index contributed by atoms with van der Waals surface area (Å²) in [5.74, 6) is -5.31. The fourth-order valence-corrected chi connectivity index (χ4v) is 6.75. The van der Waals surface area contributed by atoms with Crippen molar-refractivity contribution >= 4 is 11.8 Å². The lowest BCUT2D eigenvalue weighted by Crippen LogP contribution is -2.35. The first-order valence-electron chi connectivity index (χ1n) is 13.3. The van der Waals surface area contributed by atoms with E-state index in [2.05, 4.69) is 10.4 Å². The molecule has 5 rings (SSSR count). The molecule has 0 radical (unpaired) electrons. The highest BCUT2D eigenvalue weighted by atomic mass is 32.2. The van der Waals surface area contributed by atoms with Gasteiger partial charge in [0, 0.05) is 86.0 Å². The number of benzene rings is 1. The van der Waals surface area contributed by atoms with Crippen LogP contribution in [0, 0.1) is 0 Å². The number of nitrogens with one attached hydrogen (secondary N) is 1. The Morgan fingerprint density at radius 3 is 2.38 bits per heavy atom. The Labute approximate surface area is 231 Å². The molecule has 40 heavy (non-hydrogen) atoms. The normalized spacial score (nSPS) is 22.1. The van der Waals surface area contributed by atoms with Gasteiger partial charge in [-0.2, -0.15) is 18.3 Å². The Morgan fingerprint density at radius 1 is 1.02 bits per heavy atom. The first-order valence-corrected chi connectivity index (χ1v) is 14.3. The van der Waals surface area contributed by atoms with Crippen molar-refractivity contribution in [2.24, 2.45) is 0 Å². The minimum Gasteiger partial charge on any atom is -0.390 e. The van der Waals surface area contributed by atoms with Gasteiger partial charge in [-0.25, -0.2) is 17.6 Å². The summed E-state index contributed by atoms with van der Waals surface area (Å²) < 4.78 is 97.2. The lowest BCUT2D eigenvalue weighted by molar-refractivity contribution is -0.139. The summed E-state index contributed by atoms with van der Waals surface area (Å²) in [6, 6.07) is 3.83. The molecule has 1 atom stereocenters. The van der Waals surface area contributed by atoms with Gasteiger partial charge in [0.2, 0.25) is 0 Å². The zero-order valence-electron chi connectivity index (χ0n) is 21.8. The van der Waals surface area contributed by atoms with E-state index in [4.69, 9.17) is 0 Å². The maximum Gasteiger partial charge on any atom is 0.417 e. The van der Waals surface area contributed by atoms with Gasteiger partial charge in [0.05, 0.1) is 37.0 Å². The number of nitrogens with zero attached hydrogens (tertiary/aromatic N) is 4. The smallest absolute Gasteiger partial charge is 0.390 e. The van der Waals surface area contributed by atoms with Crippen LogP contribution in [0.2, 0.25) is 0 Å². The SMILES string of the molecule is OC(CN1CCC(F)(F)C1)Cn1nc(-c2ccc(C(F)(F)F)c(SCCN3CCC(F)(F)C3)c2)c2c1CCNC2. The minimum absolute atomic E-state index is 0.00183. The molecule has 0 bridgehead atoms. The zero-order chi connectivity index (χ0) is 28.7. The second-order valence-corrected chi connectivity index (χ2v) is 12.0. The largest absolute Gasteiger partial charge is 0.417 e. The molecule has 2 saturated heterocycles. The minimum atomic E-state index is -4.58. The quantitative estimate of drug-likeness (QED) is 0.332. The van der Waals surface area contributed by atoms with Crippen molar-refractivity contribution in [1.82, 2.24) is 24.9 Å². The first kappa shape index (κ1) is 29.6. The molecule has 0 amide bonds. The van der Waals surface area contributed by atoms with Gasteiger partial charge in [0.15, 0.2) is 0 Å². The highest BCUT2D eigenvalue weighted by Crippen LogP contribution is 2.40. The van der Waals surface area contributed by atoms with Crippen LogP contribution >= 0.6 is 11.8 Å². The highest BCUT2D eigenvalue weighted by molar-refractivity contribution is 7.99. The van der Waals surface area contributed by atoms with Crippen molar-refractivity contribution in [2.45, 2.75) is 61.4 Å². The molecule has 14 heteroatoms. The van der Waals surface area contributed by atoms with Crippen LogP contribution in [0.1, 0.15) is 29.7 Å². The summed E-state index contributed by atoms with van der Waals surface area (Å²) in [6.45, 7) is 1.13. The monoisotopic (exact) mass is 595 g/mol. The van der Waals surface area contributed by atoms with Crippen molar-refractivity contribution in [1.29, 1.82) is 0 Å². The lowest BCUT2D eigenvalue weighted by Gasteiger charge is -2.21. The number of likely N-dealkylation sites (tertiary alicyclic amines) is 2. The molecular weight excluding hydrogens is 563 g/mol. The van der Waals surface area contributed by atoms with Gasteiger partial charge in [-0.05, 0) is 12.1 Å². The third-order valence-electron chi connectivity index (χ3n) is 7.58. The number of aromatic nitrogens is 2. The maximum atomic E-state index is 13.8. The number of hydrogen-bond donors (Lipinski definition) is 2. The summed E-state index contributed by atoms with van der Waals surface area (Å²) in [5, 5.41) is 18.6. The van der Waals surface area contributed by atoms with E-state index in [1.54, 1.807) is 9.58 Å². The molecule has 2 aromatic rings. The molecule has 4 heterocycles. The third-order valence-corrected chi connectivity index (χ3v) is 8.62. The summed E-state index contributed by atoms with van der Waals surface area (Å²) in [5.41, 5.74) is 1.86. The number of aliphatic hydroxyl groups is 1. The summed E-state index contributed by atoms with van der Waals surface area (Å²) >= 11 is 0.979. The van der Waals surface area contributed by atoms with Crippen LogP contribution in [0.5, 0.6) is 0 Å². The van der Waals surface area contributed by atoms with E-state index in [1.807, 2.05) is 0 Å². The molecule has 3 aliphatic heterocycles. The molecule has 222 valence electrons. The Morgan fingerprint density at radius 2 is 1.73 bits per heavy atom. The first-order chi connectivity index (χ1) is 18.8. The van der Waals surface area contributed by atoms with Crippen molar-refractivity contribution in [2.75, 3.05) is 51.6 Å². The van der Waals surface area contributed by atoms with E-state index in [-0.39, 0.29) is 62.8 Å². The van der Waals surface area contributed by atoms with E-state index < -0.39 is 36.2 Å². The van der Waals surface area contributed by atoms with E-state index in [1.165, 1.54) is 17.0 Å². The van der Waals surface area contributed by atoms with E-state index in [0.29, 0.717) is 30.8 Å². The maximum absolute atomic E-state index is 13.8. The predicted molar refractivity (Wildman–Crippen MR) is 137 cm³/mol. The van der Waals surface area contributed by atoms with Gasteiger partial charge in [-0.15, -0.1) is 11.8 Å². The van der Waals surface area contributed by atoms with Crippen LogP contribution in [-0.2, 0) is 25.7 Å². The van der Waals surface area contributed by atoms with Gasteiger partial charge in [-0.3, -0.25) is 14.5 Å². The van der Waals surface area contributed by atoms with E-state index in [9.17, 15) is 35.8 Å². The molecule has 3 aliphatic rings. The fraction of sp³-hybridized carbons (Fsp3) is 0.654. The Bertz CT molecular complexity index is 1200. The van der Waals surface area contributed by atoms with Crippen LogP contribution in [0.15, 0.2) is 23.1 Å².